The summed E-state index contributed by atoms with van der Waals surface area (Å²) in [5, 5.41) is 8.65. The molecule has 0 heterocycles. The Balaban J connectivity index is 2.50. The molecule has 0 amide bonds. The van der Waals surface area contributed by atoms with E-state index in [9.17, 15) is 0 Å². The minimum absolute atomic E-state index is 0.188. The summed E-state index contributed by atoms with van der Waals surface area (Å²) >= 11 is 0. The lowest BCUT2D eigenvalue weighted by molar-refractivity contribution is 0.713. The topological polar surface area (TPSA) is 49.8 Å². The first-order chi connectivity index (χ1) is 5.81. The molecule has 1 aliphatic rings. The van der Waals surface area contributed by atoms with Gasteiger partial charge in [-0.3, -0.25) is 0 Å². The molecule has 2 rings (SSSR count). The molecule has 2 heteroatoms. The normalized spacial score (nSPS) is 20.2. The highest BCUT2D eigenvalue weighted by molar-refractivity contribution is 5.41. The minimum atomic E-state index is 0.188. The van der Waals surface area contributed by atoms with E-state index in [-0.39, 0.29) is 6.04 Å². The lowest BCUT2D eigenvalue weighted by Crippen LogP contribution is -2.04. The monoisotopic (exact) mass is 158 g/mol. The summed E-state index contributed by atoms with van der Waals surface area (Å²) in [5.41, 5.74) is 9.06. The van der Waals surface area contributed by atoms with Crippen molar-refractivity contribution in [1.82, 2.24) is 0 Å². The third-order valence-electron chi connectivity index (χ3n) is 2.40. The average Bonchev–Trinajstić information content (AvgIpc) is 2.47. The molecule has 0 saturated heterocycles. The van der Waals surface area contributed by atoms with Crippen LogP contribution in [0.1, 0.15) is 29.2 Å². The number of benzene rings is 1. The van der Waals surface area contributed by atoms with Gasteiger partial charge in [0.2, 0.25) is 0 Å². The Kier molecular flexibility index (Phi) is 1.60. The molecule has 60 valence electrons. The molecular formula is C10H10N2. The van der Waals surface area contributed by atoms with Gasteiger partial charge in [0, 0.05) is 6.04 Å². The highest BCUT2D eigenvalue weighted by atomic mass is 14.6. The zero-order chi connectivity index (χ0) is 8.55. The largest absolute Gasteiger partial charge is 0.324 e. The van der Waals surface area contributed by atoms with Crippen molar-refractivity contribution in [1.29, 1.82) is 5.26 Å². The fourth-order valence-electron chi connectivity index (χ4n) is 1.72. The average molecular weight is 158 g/mol. The van der Waals surface area contributed by atoms with Crippen molar-refractivity contribution in [2.75, 3.05) is 0 Å². The maximum Gasteiger partial charge on any atom is 0.0991 e. The summed E-state index contributed by atoms with van der Waals surface area (Å²) < 4.78 is 0. The molecule has 0 bridgehead atoms. The molecule has 0 aliphatic heterocycles. The van der Waals surface area contributed by atoms with Gasteiger partial charge in [0.05, 0.1) is 11.6 Å². The fourth-order valence-corrected chi connectivity index (χ4v) is 1.72. The van der Waals surface area contributed by atoms with Gasteiger partial charge in [0.1, 0.15) is 0 Å². The molecule has 12 heavy (non-hydrogen) atoms. The van der Waals surface area contributed by atoms with Gasteiger partial charge in [0.25, 0.3) is 0 Å². The van der Waals surface area contributed by atoms with Crippen molar-refractivity contribution in [2.24, 2.45) is 5.73 Å². The second kappa shape index (κ2) is 2.62. The van der Waals surface area contributed by atoms with Gasteiger partial charge in [-0.25, -0.2) is 0 Å². The molecule has 1 aromatic rings. The van der Waals surface area contributed by atoms with Gasteiger partial charge in [-0.15, -0.1) is 0 Å². The number of hydrogen-bond acceptors (Lipinski definition) is 2. The lowest BCUT2D eigenvalue weighted by Gasteiger charge is -2.03. The van der Waals surface area contributed by atoms with Crippen molar-refractivity contribution in [3.63, 3.8) is 0 Å². The van der Waals surface area contributed by atoms with Crippen molar-refractivity contribution in [2.45, 2.75) is 18.9 Å². The van der Waals surface area contributed by atoms with Crippen LogP contribution < -0.4 is 5.73 Å². The molecule has 2 N–H and O–H groups in total. The molecule has 1 aromatic carbocycles. The zero-order valence-corrected chi connectivity index (χ0v) is 6.75. The van der Waals surface area contributed by atoms with Crippen molar-refractivity contribution < 1.29 is 0 Å². The number of aryl methyl sites for hydroxylation is 1. The van der Waals surface area contributed by atoms with Crippen LogP contribution in [0.15, 0.2) is 18.2 Å². The third-order valence-corrected chi connectivity index (χ3v) is 2.40. The van der Waals surface area contributed by atoms with E-state index in [2.05, 4.69) is 6.07 Å². The first kappa shape index (κ1) is 7.33. The standard InChI is InChI=1S/C10H10N2/c11-6-7-1-3-9-8(5-7)2-4-10(9)12/h1,3,5,10H,2,4,12H2/t10-/m1/s1. The van der Waals surface area contributed by atoms with Crippen molar-refractivity contribution in [3.05, 3.63) is 34.9 Å². The van der Waals surface area contributed by atoms with E-state index >= 15 is 0 Å². The number of nitrogens with zero attached hydrogens (tertiary/aromatic N) is 1. The van der Waals surface area contributed by atoms with Crippen molar-refractivity contribution >= 4 is 0 Å². The number of rotatable bonds is 0. The predicted octanol–water partition coefficient (Wildman–Crippen LogP) is 1.50. The summed E-state index contributed by atoms with van der Waals surface area (Å²) in [5.74, 6) is 0. The molecule has 2 nitrogen and oxygen atoms in total. The van der Waals surface area contributed by atoms with Crippen molar-refractivity contribution in [3.8, 4) is 6.07 Å². The summed E-state index contributed by atoms with van der Waals surface area (Å²) in [6, 6.07) is 8.08. The Morgan fingerprint density at radius 1 is 1.50 bits per heavy atom. The number of hydrogen-bond donors (Lipinski definition) is 1. The second-order valence-corrected chi connectivity index (χ2v) is 3.17. The van der Waals surface area contributed by atoms with Crippen LogP contribution >= 0.6 is 0 Å². The minimum Gasteiger partial charge on any atom is -0.324 e. The van der Waals surface area contributed by atoms with Crippen LogP contribution in [0, 0.1) is 11.3 Å². The Hall–Kier alpha value is -1.33. The lowest BCUT2D eigenvalue weighted by atomic mass is 10.1. The van der Waals surface area contributed by atoms with Crippen LogP contribution in [0.2, 0.25) is 0 Å². The highest BCUT2D eigenvalue weighted by Crippen LogP contribution is 2.29. The van der Waals surface area contributed by atoms with E-state index in [1.54, 1.807) is 0 Å². The van der Waals surface area contributed by atoms with E-state index in [0.717, 1.165) is 18.4 Å². The first-order valence-electron chi connectivity index (χ1n) is 4.10. The molecule has 0 aromatic heterocycles. The quantitative estimate of drug-likeness (QED) is 0.622. The Bertz CT molecular complexity index is 349. The number of fused-ring (bicyclic) bond motifs is 1. The summed E-state index contributed by atoms with van der Waals surface area (Å²) in [7, 11) is 0. The highest BCUT2D eigenvalue weighted by Gasteiger charge is 2.18. The number of nitriles is 1. The Labute approximate surface area is 71.6 Å². The first-order valence-corrected chi connectivity index (χ1v) is 4.10. The second-order valence-electron chi connectivity index (χ2n) is 3.17. The van der Waals surface area contributed by atoms with E-state index in [4.69, 9.17) is 11.0 Å². The van der Waals surface area contributed by atoms with Gasteiger partial charge >= 0.3 is 0 Å². The maximum absolute atomic E-state index is 8.65. The molecule has 0 spiro atoms. The smallest absolute Gasteiger partial charge is 0.0991 e. The van der Waals surface area contributed by atoms with Gasteiger partial charge in [-0.2, -0.15) is 5.26 Å². The van der Waals surface area contributed by atoms with Gasteiger partial charge < -0.3 is 5.73 Å². The number of nitrogens with two attached hydrogens (primary N) is 1. The van der Waals surface area contributed by atoms with Crippen LogP contribution in [0.4, 0.5) is 0 Å². The van der Waals surface area contributed by atoms with E-state index in [1.807, 2.05) is 18.2 Å². The van der Waals surface area contributed by atoms with Gasteiger partial charge in [0.15, 0.2) is 0 Å². The fraction of sp³-hybridized carbons (Fsp3) is 0.300. The molecule has 0 unspecified atom stereocenters. The molecule has 0 saturated carbocycles. The molecule has 0 radical (unpaired) electrons. The van der Waals surface area contributed by atoms with Gasteiger partial charge in [-0.1, -0.05) is 6.07 Å². The van der Waals surface area contributed by atoms with E-state index < -0.39 is 0 Å². The molecular weight excluding hydrogens is 148 g/mol. The van der Waals surface area contributed by atoms with Crippen LogP contribution in [0.3, 0.4) is 0 Å². The van der Waals surface area contributed by atoms with Crippen LogP contribution in [-0.4, -0.2) is 0 Å². The zero-order valence-electron chi connectivity index (χ0n) is 6.75. The van der Waals surface area contributed by atoms with Crippen LogP contribution in [0.25, 0.3) is 0 Å². The molecule has 0 fully saturated rings. The van der Waals surface area contributed by atoms with E-state index in [0.29, 0.717) is 0 Å². The SMILES string of the molecule is N#Cc1ccc2c(c1)CC[C@H]2N. The maximum atomic E-state index is 8.65. The Morgan fingerprint density at radius 2 is 2.33 bits per heavy atom. The summed E-state index contributed by atoms with van der Waals surface area (Å²) in [4.78, 5) is 0. The summed E-state index contributed by atoms with van der Waals surface area (Å²) in [6.45, 7) is 0. The Morgan fingerprint density at radius 3 is 3.08 bits per heavy atom. The third kappa shape index (κ3) is 0.992. The molecule has 1 aliphatic carbocycles. The van der Waals surface area contributed by atoms with Crippen LogP contribution in [0.5, 0.6) is 0 Å². The van der Waals surface area contributed by atoms with E-state index in [1.165, 1.54) is 11.1 Å². The summed E-state index contributed by atoms with van der Waals surface area (Å²) in [6.07, 6.45) is 2.04. The predicted molar refractivity (Wildman–Crippen MR) is 46.4 cm³/mol. The molecule has 1 atom stereocenters. The van der Waals surface area contributed by atoms with Crippen LogP contribution in [-0.2, 0) is 6.42 Å². The van der Waals surface area contributed by atoms with Gasteiger partial charge in [-0.05, 0) is 36.1 Å².